The van der Waals surface area contributed by atoms with Crippen LogP contribution in [0.4, 0.5) is 0 Å². The second-order valence-electron chi connectivity index (χ2n) is 16.0. The Morgan fingerprint density at radius 2 is 0.800 bits per heavy atom. The summed E-state index contributed by atoms with van der Waals surface area (Å²) in [5, 5.41) is 12.5. The maximum absolute atomic E-state index is 5.27. The highest BCUT2D eigenvalue weighted by atomic mass is 15.0. The van der Waals surface area contributed by atoms with Gasteiger partial charge in [-0.05, 0) is 121 Å². The number of hydrogen-bond acceptors (Lipinski definition) is 1. The number of rotatable bonds is 5. The van der Waals surface area contributed by atoms with Crippen LogP contribution in [0.2, 0.25) is 0 Å². The Balaban J connectivity index is 1.20. The molecule has 0 radical (unpaired) electrons. The van der Waals surface area contributed by atoms with Gasteiger partial charge in [0.05, 0.1) is 28.1 Å². The number of pyridine rings is 1. The van der Waals surface area contributed by atoms with Crippen LogP contribution < -0.4 is 0 Å². The van der Waals surface area contributed by atoms with E-state index >= 15 is 0 Å². The van der Waals surface area contributed by atoms with E-state index in [-0.39, 0.29) is 0 Å². The first-order valence-electron chi connectivity index (χ1n) is 20.7. The molecule has 0 atom stereocenters. The van der Waals surface area contributed by atoms with Gasteiger partial charge in [-0.2, -0.15) is 0 Å². The summed E-state index contributed by atoms with van der Waals surface area (Å²) in [7, 11) is 0. The Morgan fingerprint density at radius 3 is 1.53 bits per heavy atom. The molecular weight excluding hydrogens is 725 g/mol. The number of benzene rings is 10. The normalized spacial score (nSPS) is 11.8. The highest BCUT2D eigenvalue weighted by Crippen LogP contribution is 2.43. The van der Waals surface area contributed by atoms with Crippen molar-refractivity contribution < 1.29 is 0 Å². The van der Waals surface area contributed by atoms with Crippen molar-refractivity contribution in [3.63, 3.8) is 0 Å². The summed E-state index contributed by atoms with van der Waals surface area (Å²) in [5.41, 5.74) is 13.6. The first kappa shape index (κ1) is 34.3. The monoisotopic (exact) mass is 762 g/mol. The predicted molar refractivity (Wildman–Crippen MR) is 255 cm³/mol. The van der Waals surface area contributed by atoms with Crippen molar-refractivity contribution in [3.05, 3.63) is 218 Å². The van der Waals surface area contributed by atoms with Crippen LogP contribution in [0.15, 0.2) is 212 Å². The zero-order chi connectivity index (χ0) is 39.7. The SMILES string of the molecule is Cc1ccc(-c2ccc3c4ccccc4c4cc5c(cc4c3c2)c2cc(-c3ccc4ccccc4c3)ccc2n5-c2cc(-c3ccccc3)nc(-c3ccccc3)c2)cc1. The molecule has 0 aliphatic carbocycles. The average Bonchev–Trinajstić information content (AvgIpc) is 3.64. The van der Waals surface area contributed by atoms with Gasteiger partial charge in [0, 0.05) is 21.9 Å². The topological polar surface area (TPSA) is 17.8 Å². The van der Waals surface area contributed by atoms with Crippen molar-refractivity contribution >= 4 is 64.9 Å². The summed E-state index contributed by atoms with van der Waals surface area (Å²) in [6.45, 7) is 2.15. The highest BCUT2D eigenvalue weighted by molar-refractivity contribution is 6.29. The molecule has 60 heavy (non-hydrogen) atoms. The van der Waals surface area contributed by atoms with Gasteiger partial charge < -0.3 is 4.57 Å². The van der Waals surface area contributed by atoms with E-state index in [0.717, 1.165) is 39.2 Å². The lowest BCUT2D eigenvalue weighted by Crippen LogP contribution is -1.98. The zero-order valence-corrected chi connectivity index (χ0v) is 33.1. The maximum atomic E-state index is 5.27. The summed E-state index contributed by atoms with van der Waals surface area (Å²) < 4.78 is 2.47. The average molecular weight is 763 g/mol. The summed E-state index contributed by atoms with van der Waals surface area (Å²) in [6, 6.07) is 77.8. The summed E-state index contributed by atoms with van der Waals surface area (Å²) in [4.78, 5) is 5.27. The van der Waals surface area contributed by atoms with Gasteiger partial charge in [0.1, 0.15) is 0 Å². The Kier molecular flexibility index (Phi) is 7.79. The van der Waals surface area contributed by atoms with Crippen LogP contribution in [0.5, 0.6) is 0 Å². The largest absolute Gasteiger partial charge is 0.309 e. The van der Waals surface area contributed by atoms with Crippen LogP contribution >= 0.6 is 0 Å². The van der Waals surface area contributed by atoms with Gasteiger partial charge in [-0.15, -0.1) is 0 Å². The van der Waals surface area contributed by atoms with Crippen molar-refractivity contribution in [2.24, 2.45) is 0 Å². The molecule has 2 heteroatoms. The molecule has 0 bridgehead atoms. The number of fused-ring (bicyclic) bond motifs is 10. The Labute approximate surface area is 348 Å². The fourth-order valence-corrected chi connectivity index (χ4v) is 9.38. The fourth-order valence-electron chi connectivity index (χ4n) is 9.38. The van der Waals surface area contributed by atoms with Crippen LogP contribution in [-0.4, -0.2) is 9.55 Å². The Hall–Kier alpha value is -7.81. The molecule has 2 heterocycles. The smallest absolute Gasteiger partial charge is 0.0730 e. The summed E-state index contributed by atoms with van der Waals surface area (Å²) >= 11 is 0. The standard InChI is InChI=1S/C58H38N2/c1-37-20-22-39(23-21-37)44-26-28-49-47-18-10-11-19-48(47)52-36-58-54(35-51(52)50(49)31-44)53-32-45(43-25-24-38-12-8-9-17-42(38)30-43)27-29-57(53)60(58)46-33-55(40-13-4-2-5-14-40)59-56(34-46)41-15-6-3-7-16-41/h2-36H,1H3. The molecule has 0 amide bonds. The minimum Gasteiger partial charge on any atom is -0.309 e. The number of aryl methyl sites for hydroxylation is 1. The molecule has 280 valence electrons. The number of nitrogens with zero attached hydrogens (tertiary/aromatic N) is 2. The van der Waals surface area contributed by atoms with Crippen LogP contribution in [0.25, 0.3) is 115 Å². The quantitative estimate of drug-likeness (QED) is 0.160. The van der Waals surface area contributed by atoms with Crippen LogP contribution in [0.1, 0.15) is 5.56 Å². The molecule has 0 N–H and O–H groups in total. The van der Waals surface area contributed by atoms with E-state index in [0.29, 0.717) is 0 Å². The van der Waals surface area contributed by atoms with E-state index in [4.69, 9.17) is 4.98 Å². The molecular formula is C58H38N2. The summed E-state index contributed by atoms with van der Waals surface area (Å²) in [5.74, 6) is 0. The lowest BCUT2D eigenvalue weighted by Gasteiger charge is -2.15. The van der Waals surface area contributed by atoms with Crippen LogP contribution in [0, 0.1) is 6.92 Å². The third kappa shape index (κ3) is 5.61. The van der Waals surface area contributed by atoms with Gasteiger partial charge in [-0.1, -0.05) is 169 Å². The molecule has 0 saturated heterocycles. The van der Waals surface area contributed by atoms with E-state index < -0.39 is 0 Å². The van der Waals surface area contributed by atoms with Crippen molar-refractivity contribution in [1.82, 2.24) is 9.55 Å². The van der Waals surface area contributed by atoms with Gasteiger partial charge in [-0.25, -0.2) is 4.98 Å². The van der Waals surface area contributed by atoms with Crippen LogP contribution in [0.3, 0.4) is 0 Å². The minimum absolute atomic E-state index is 0.940. The van der Waals surface area contributed by atoms with E-state index in [1.165, 1.54) is 81.7 Å². The lowest BCUT2D eigenvalue weighted by molar-refractivity contribution is 1.16. The molecule has 0 spiro atoms. The molecule has 2 nitrogen and oxygen atoms in total. The molecule has 2 aromatic heterocycles. The predicted octanol–water partition coefficient (Wildman–Crippen LogP) is 15.8. The first-order valence-corrected chi connectivity index (χ1v) is 20.7. The molecule has 0 fully saturated rings. The highest BCUT2D eigenvalue weighted by Gasteiger charge is 2.20. The van der Waals surface area contributed by atoms with Gasteiger partial charge in [0.2, 0.25) is 0 Å². The third-order valence-electron chi connectivity index (χ3n) is 12.4. The van der Waals surface area contributed by atoms with E-state index in [1.54, 1.807) is 0 Å². The van der Waals surface area contributed by atoms with E-state index in [9.17, 15) is 0 Å². The molecule has 12 aromatic rings. The molecule has 10 aromatic carbocycles. The molecule has 12 rings (SSSR count). The second-order valence-corrected chi connectivity index (χ2v) is 16.0. The van der Waals surface area contributed by atoms with Gasteiger partial charge >= 0.3 is 0 Å². The molecule has 0 unspecified atom stereocenters. The van der Waals surface area contributed by atoms with Crippen LogP contribution in [-0.2, 0) is 0 Å². The number of hydrogen-bond donors (Lipinski definition) is 0. The van der Waals surface area contributed by atoms with E-state index in [2.05, 4.69) is 224 Å². The molecule has 0 aliphatic rings. The molecule has 0 saturated carbocycles. The van der Waals surface area contributed by atoms with Gasteiger partial charge in [-0.3, -0.25) is 0 Å². The number of aromatic nitrogens is 2. The summed E-state index contributed by atoms with van der Waals surface area (Å²) in [6.07, 6.45) is 0. The van der Waals surface area contributed by atoms with Crippen molar-refractivity contribution in [3.8, 4) is 50.5 Å². The maximum Gasteiger partial charge on any atom is 0.0730 e. The fraction of sp³-hybridized carbons (Fsp3) is 0.0172. The lowest BCUT2D eigenvalue weighted by atomic mass is 9.91. The second kappa shape index (κ2) is 13.7. The van der Waals surface area contributed by atoms with Crippen molar-refractivity contribution in [2.45, 2.75) is 6.92 Å². The van der Waals surface area contributed by atoms with Gasteiger partial charge in [0.15, 0.2) is 0 Å². The van der Waals surface area contributed by atoms with Crippen molar-refractivity contribution in [1.29, 1.82) is 0 Å². The minimum atomic E-state index is 0.940. The van der Waals surface area contributed by atoms with E-state index in [1.807, 2.05) is 0 Å². The van der Waals surface area contributed by atoms with Gasteiger partial charge in [0.25, 0.3) is 0 Å². The van der Waals surface area contributed by atoms with Crippen molar-refractivity contribution in [2.75, 3.05) is 0 Å². The zero-order valence-electron chi connectivity index (χ0n) is 33.1. The first-order chi connectivity index (χ1) is 29.6. The molecule has 0 aliphatic heterocycles. The third-order valence-corrected chi connectivity index (χ3v) is 12.4. The Bertz CT molecular complexity index is 3580. The Morgan fingerprint density at radius 1 is 0.300 bits per heavy atom.